The average molecular weight is 371 g/mol. The second-order valence-electron chi connectivity index (χ2n) is 6.80. The van der Waals surface area contributed by atoms with Gasteiger partial charge in [-0.05, 0) is 52.5 Å². The molecule has 0 saturated carbocycles. The van der Waals surface area contributed by atoms with Crippen molar-refractivity contribution in [3.05, 3.63) is 11.8 Å². The lowest BCUT2D eigenvalue weighted by atomic mass is 10.1. The van der Waals surface area contributed by atoms with E-state index in [1.807, 2.05) is 0 Å². The summed E-state index contributed by atoms with van der Waals surface area (Å²) < 4.78 is 69.9. The van der Waals surface area contributed by atoms with E-state index in [1.165, 1.54) is 11.0 Å². The average Bonchev–Trinajstić information content (AvgIpc) is 2.68. The fourth-order valence-electron chi connectivity index (χ4n) is 2.85. The molecule has 2 aliphatic rings. The van der Waals surface area contributed by atoms with E-state index in [4.69, 9.17) is 4.74 Å². The SMILES string of the molecule is CC(C)(C)OC(=O)N1C2CCC=C(OS(=O)(=O)C(F)(F)F)C1CC2. The normalized spacial score (nSPS) is 25.1. The standard InChI is InChI=1S/C14H20F3NO5S/c1-13(2,3)22-12(19)18-9-5-4-6-11(10(18)8-7-9)23-24(20,21)14(15,16)17/h6,9-10H,4-5,7-8H2,1-3H3. The quantitative estimate of drug-likeness (QED) is 0.550. The van der Waals surface area contributed by atoms with Crippen LogP contribution in [0.1, 0.15) is 46.5 Å². The topological polar surface area (TPSA) is 72.9 Å². The molecule has 2 atom stereocenters. The number of ether oxygens (including phenoxy) is 1. The van der Waals surface area contributed by atoms with E-state index in [-0.39, 0.29) is 11.8 Å². The van der Waals surface area contributed by atoms with Crippen LogP contribution in [0.4, 0.5) is 18.0 Å². The number of carbonyl (C=O) groups is 1. The number of nitrogens with zero attached hydrogens (tertiary/aromatic N) is 1. The molecule has 0 aromatic carbocycles. The summed E-state index contributed by atoms with van der Waals surface area (Å²) in [5.74, 6) is -0.363. The van der Waals surface area contributed by atoms with E-state index in [0.29, 0.717) is 25.7 Å². The highest BCUT2D eigenvalue weighted by Crippen LogP contribution is 2.38. The number of fused-ring (bicyclic) bond motifs is 2. The Morgan fingerprint density at radius 2 is 1.83 bits per heavy atom. The van der Waals surface area contributed by atoms with Gasteiger partial charge < -0.3 is 8.92 Å². The van der Waals surface area contributed by atoms with Gasteiger partial charge in [0, 0.05) is 6.04 Å². The minimum atomic E-state index is -5.77. The third-order valence-corrected chi connectivity index (χ3v) is 4.75. The van der Waals surface area contributed by atoms with Crippen LogP contribution in [0.2, 0.25) is 0 Å². The zero-order chi connectivity index (χ0) is 18.3. The van der Waals surface area contributed by atoms with Gasteiger partial charge in [0.05, 0.1) is 6.04 Å². The maximum absolute atomic E-state index is 12.6. The highest BCUT2D eigenvalue weighted by Gasteiger charge is 2.51. The van der Waals surface area contributed by atoms with Gasteiger partial charge in [0.15, 0.2) is 0 Å². The van der Waals surface area contributed by atoms with Crippen LogP contribution in [0.15, 0.2) is 11.8 Å². The fourth-order valence-corrected chi connectivity index (χ4v) is 3.38. The van der Waals surface area contributed by atoms with Crippen molar-refractivity contribution >= 4 is 16.2 Å². The van der Waals surface area contributed by atoms with E-state index in [9.17, 15) is 26.4 Å². The van der Waals surface area contributed by atoms with Gasteiger partial charge in [-0.15, -0.1) is 0 Å². The maximum Gasteiger partial charge on any atom is 0.534 e. The summed E-state index contributed by atoms with van der Waals surface area (Å²) in [6.07, 6.45) is 2.33. The number of halogens is 3. The van der Waals surface area contributed by atoms with E-state index in [1.54, 1.807) is 20.8 Å². The molecule has 2 aliphatic heterocycles. The number of carbonyl (C=O) groups excluding carboxylic acids is 1. The Kier molecular flexibility index (Phi) is 4.82. The number of allylic oxidation sites excluding steroid dienone is 1. The Balaban J connectivity index is 2.26. The molecule has 1 fully saturated rings. The van der Waals surface area contributed by atoms with Crippen LogP contribution in [0.5, 0.6) is 0 Å². The molecule has 0 N–H and O–H groups in total. The molecular weight excluding hydrogens is 351 g/mol. The monoisotopic (exact) mass is 371 g/mol. The van der Waals surface area contributed by atoms with Crippen molar-refractivity contribution in [2.45, 2.75) is 69.6 Å². The van der Waals surface area contributed by atoms with Crippen molar-refractivity contribution < 1.29 is 35.3 Å². The lowest BCUT2D eigenvalue weighted by Gasteiger charge is -2.31. The fraction of sp³-hybridized carbons (Fsp3) is 0.786. The van der Waals surface area contributed by atoms with Gasteiger partial charge in [-0.3, -0.25) is 4.90 Å². The van der Waals surface area contributed by atoms with Gasteiger partial charge in [-0.1, -0.05) is 0 Å². The second kappa shape index (κ2) is 6.12. The molecule has 0 aliphatic carbocycles. The highest BCUT2D eigenvalue weighted by atomic mass is 32.2. The smallest absolute Gasteiger partial charge is 0.444 e. The maximum atomic E-state index is 12.6. The largest absolute Gasteiger partial charge is 0.534 e. The third kappa shape index (κ3) is 3.96. The molecule has 2 rings (SSSR count). The van der Waals surface area contributed by atoms with Gasteiger partial charge >= 0.3 is 21.7 Å². The van der Waals surface area contributed by atoms with E-state index in [2.05, 4.69) is 4.18 Å². The van der Waals surface area contributed by atoms with E-state index in [0.717, 1.165) is 0 Å². The van der Waals surface area contributed by atoms with Gasteiger partial charge in [-0.2, -0.15) is 21.6 Å². The van der Waals surface area contributed by atoms with Crippen molar-refractivity contribution in [2.24, 2.45) is 0 Å². The molecule has 10 heteroatoms. The van der Waals surface area contributed by atoms with Crippen LogP contribution in [0, 0.1) is 0 Å². The Bertz CT molecular complexity index is 636. The Labute approximate surface area is 138 Å². The van der Waals surface area contributed by atoms with Crippen LogP contribution in [0.3, 0.4) is 0 Å². The molecule has 138 valence electrons. The number of amides is 1. The second-order valence-corrected chi connectivity index (χ2v) is 8.34. The van der Waals surface area contributed by atoms with Gasteiger partial charge in [0.25, 0.3) is 0 Å². The van der Waals surface area contributed by atoms with Crippen LogP contribution in [0.25, 0.3) is 0 Å². The van der Waals surface area contributed by atoms with Gasteiger partial charge in [0.1, 0.15) is 11.4 Å². The predicted molar refractivity (Wildman–Crippen MR) is 78.3 cm³/mol. The molecular formula is C14H20F3NO5S. The lowest BCUT2D eigenvalue weighted by Crippen LogP contribution is -2.45. The van der Waals surface area contributed by atoms with Gasteiger partial charge in [0.2, 0.25) is 0 Å². The molecule has 0 aromatic rings. The van der Waals surface area contributed by atoms with Crippen LogP contribution in [-0.4, -0.2) is 42.6 Å². The molecule has 6 nitrogen and oxygen atoms in total. The lowest BCUT2D eigenvalue weighted by molar-refractivity contribution is -0.0528. The Hall–Kier alpha value is -1.45. The number of hydrogen-bond donors (Lipinski definition) is 0. The summed E-state index contributed by atoms with van der Waals surface area (Å²) in [6, 6.07) is -1.08. The van der Waals surface area contributed by atoms with Crippen molar-refractivity contribution in [1.29, 1.82) is 0 Å². The Morgan fingerprint density at radius 1 is 1.21 bits per heavy atom. The zero-order valence-electron chi connectivity index (χ0n) is 13.6. The first kappa shape index (κ1) is 18.9. The van der Waals surface area contributed by atoms with Crippen molar-refractivity contribution in [3.63, 3.8) is 0 Å². The van der Waals surface area contributed by atoms with Crippen LogP contribution >= 0.6 is 0 Å². The van der Waals surface area contributed by atoms with Crippen molar-refractivity contribution in [3.8, 4) is 0 Å². The van der Waals surface area contributed by atoms with E-state index < -0.39 is 33.4 Å². The summed E-state index contributed by atoms with van der Waals surface area (Å²) in [7, 11) is -5.77. The Morgan fingerprint density at radius 3 is 2.38 bits per heavy atom. The molecule has 2 bridgehead atoms. The zero-order valence-corrected chi connectivity index (χ0v) is 14.4. The summed E-state index contributed by atoms with van der Waals surface area (Å²) in [5.41, 5.74) is -6.29. The molecule has 1 amide bonds. The molecule has 24 heavy (non-hydrogen) atoms. The highest BCUT2D eigenvalue weighted by molar-refractivity contribution is 7.87. The molecule has 0 radical (unpaired) electrons. The summed E-state index contributed by atoms with van der Waals surface area (Å²) in [5, 5.41) is 0. The third-order valence-electron chi connectivity index (χ3n) is 3.77. The minimum Gasteiger partial charge on any atom is -0.444 e. The molecule has 1 saturated heterocycles. The number of alkyl halides is 3. The number of hydrogen-bond acceptors (Lipinski definition) is 5. The van der Waals surface area contributed by atoms with Crippen LogP contribution in [-0.2, 0) is 19.0 Å². The molecule has 2 unspecified atom stereocenters. The first-order valence-corrected chi connectivity index (χ1v) is 8.95. The van der Waals surface area contributed by atoms with Gasteiger partial charge in [-0.25, -0.2) is 4.79 Å². The first-order valence-electron chi connectivity index (χ1n) is 7.54. The molecule has 2 heterocycles. The summed E-state index contributed by atoms with van der Waals surface area (Å²) in [4.78, 5) is 13.7. The predicted octanol–water partition coefficient (Wildman–Crippen LogP) is 3.30. The summed E-state index contributed by atoms with van der Waals surface area (Å²) >= 11 is 0. The van der Waals surface area contributed by atoms with Crippen molar-refractivity contribution in [1.82, 2.24) is 4.90 Å². The van der Waals surface area contributed by atoms with Crippen LogP contribution < -0.4 is 0 Å². The number of rotatable bonds is 2. The van der Waals surface area contributed by atoms with E-state index >= 15 is 0 Å². The molecule has 0 aromatic heterocycles. The summed E-state index contributed by atoms with van der Waals surface area (Å²) in [6.45, 7) is 5.02. The van der Waals surface area contributed by atoms with Crippen molar-refractivity contribution in [2.75, 3.05) is 0 Å². The molecule has 0 spiro atoms. The first-order chi connectivity index (χ1) is 10.8. The minimum absolute atomic E-state index is 0.212.